The minimum atomic E-state index is -0.331. The van der Waals surface area contributed by atoms with Crippen LogP contribution in [-0.4, -0.2) is 31.1 Å². The van der Waals surface area contributed by atoms with E-state index < -0.39 is 0 Å². The number of rotatable bonds is 6. The van der Waals surface area contributed by atoms with Crippen LogP contribution in [0.3, 0.4) is 0 Å². The van der Waals surface area contributed by atoms with E-state index in [4.69, 9.17) is 11.6 Å². The number of halogens is 3. The molecule has 120 valence electrons. The SMILES string of the molecule is CCCCC[C@H](c1ccc(F)c(Cl)c1)N1CCNCC1.Cl. The molecule has 0 aromatic heterocycles. The Labute approximate surface area is 138 Å². The van der Waals surface area contributed by atoms with Crippen LogP contribution in [0.2, 0.25) is 5.02 Å². The average Bonchev–Trinajstić information content (AvgIpc) is 2.48. The Morgan fingerprint density at radius 3 is 2.62 bits per heavy atom. The molecule has 0 spiro atoms. The lowest BCUT2D eigenvalue weighted by Crippen LogP contribution is -2.45. The first-order valence-corrected chi connectivity index (χ1v) is 8.00. The Hall–Kier alpha value is -0.350. The molecule has 0 radical (unpaired) electrons. The van der Waals surface area contributed by atoms with Crippen molar-refractivity contribution < 1.29 is 4.39 Å². The fourth-order valence-electron chi connectivity index (χ4n) is 2.86. The summed E-state index contributed by atoms with van der Waals surface area (Å²) >= 11 is 5.95. The van der Waals surface area contributed by atoms with E-state index in [1.165, 1.54) is 25.3 Å². The van der Waals surface area contributed by atoms with Gasteiger partial charge < -0.3 is 5.32 Å². The number of nitrogens with zero attached hydrogens (tertiary/aromatic N) is 1. The first-order chi connectivity index (χ1) is 9.72. The van der Waals surface area contributed by atoms with Crippen LogP contribution in [0.25, 0.3) is 0 Å². The third-order valence-electron chi connectivity index (χ3n) is 4.00. The van der Waals surface area contributed by atoms with Crippen LogP contribution in [0.1, 0.15) is 44.2 Å². The molecule has 0 bridgehead atoms. The number of piperazine rings is 1. The summed E-state index contributed by atoms with van der Waals surface area (Å²) in [6, 6.07) is 5.55. The van der Waals surface area contributed by atoms with Gasteiger partial charge in [-0.1, -0.05) is 43.9 Å². The molecule has 1 aromatic rings. The second-order valence-electron chi connectivity index (χ2n) is 5.47. The molecule has 0 aliphatic carbocycles. The van der Waals surface area contributed by atoms with Crippen LogP contribution < -0.4 is 5.32 Å². The van der Waals surface area contributed by atoms with Gasteiger partial charge in [-0.3, -0.25) is 4.90 Å². The number of hydrogen-bond donors (Lipinski definition) is 1. The highest BCUT2D eigenvalue weighted by Gasteiger charge is 2.22. The summed E-state index contributed by atoms with van der Waals surface area (Å²) in [6.45, 7) is 6.37. The zero-order valence-corrected chi connectivity index (χ0v) is 14.2. The number of benzene rings is 1. The third kappa shape index (κ3) is 5.41. The molecule has 2 rings (SSSR count). The summed E-state index contributed by atoms with van der Waals surface area (Å²) in [5.74, 6) is -0.331. The highest BCUT2D eigenvalue weighted by molar-refractivity contribution is 6.30. The molecule has 1 saturated heterocycles. The quantitative estimate of drug-likeness (QED) is 0.774. The van der Waals surface area contributed by atoms with Crippen molar-refractivity contribution in [3.63, 3.8) is 0 Å². The summed E-state index contributed by atoms with van der Waals surface area (Å²) in [6.07, 6.45) is 4.80. The van der Waals surface area contributed by atoms with Gasteiger partial charge in [-0.25, -0.2) is 4.39 Å². The molecule has 1 aliphatic rings. The average molecular weight is 335 g/mol. The Morgan fingerprint density at radius 1 is 1.29 bits per heavy atom. The Balaban J connectivity index is 0.00000220. The van der Waals surface area contributed by atoms with Crippen LogP contribution in [0.15, 0.2) is 18.2 Å². The lowest BCUT2D eigenvalue weighted by Gasteiger charge is -2.35. The lowest BCUT2D eigenvalue weighted by atomic mass is 9.98. The monoisotopic (exact) mass is 334 g/mol. The lowest BCUT2D eigenvalue weighted by molar-refractivity contribution is 0.162. The van der Waals surface area contributed by atoms with Gasteiger partial charge in [0.25, 0.3) is 0 Å². The molecule has 1 fully saturated rings. The van der Waals surface area contributed by atoms with E-state index in [9.17, 15) is 4.39 Å². The van der Waals surface area contributed by atoms with Gasteiger partial charge in [0.2, 0.25) is 0 Å². The molecular weight excluding hydrogens is 310 g/mol. The minimum Gasteiger partial charge on any atom is -0.314 e. The van der Waals surface area contributed by atoms with Gasteiger partial charge in [0, 0.05) is 32.2 Å². The zero-order valence-electron chi connectivity index (χ0n) is 12.6. The molecule has 1 aromatic carbocycles. The summed E-state index contributed by atoms with van der Waals surface area (Å²) in [7, 11) is 0. The summed E-state index contributed by atoms with van der Waals surface area (Å²) in [5, 5.41) is 3.62. The zero-order chi connectivity index (χ0) is 14.4. The molecular formula is C16H25Cl2FN2. The number of hydrogen-bond acceptors (Lipinski definition) is 2. The highest BCUT2D eigenvalue weighted by Crippen LogP contribution is 2.29. The first kappa shape index (κ1) is 18.7. The van der Waals surface area contributed by atoms with Crippen molar-refractivity contribution in [2.45, 2.75) is 38.6 Å². The predicted octanol–water partition coefficient (Wildman–Crippen LogP) is 4.43. The van der Waals surface area contributed by atoms with Crippen molar-refractivity contribution >= 4 is 24.0 Å². The fourth-order valence-corrected chi connectivity index (χ4v) is 3.05. The molecule has 5 heteroatoms. The van der Waals surface area contributed by atoms with Gasteiger partial charge in [-0.05, 0) is 24.1 Å². The predicted molar refractivity (Wildman–Crippen MR) is 90.0 cm³/mol. The van der Waals surface area contributed by atoms with Crippen LogP contribution in [0, 0.1) is 5.82 Å². The summed E-state index contributed by atoms with van der Waals surface area (Å²) in [4.78, 5) is 2.50. The van der Waals surface area contributed by atoms with Crippen molar-refractivity contribution in [3.8, 4) is 0 Å². The maximum Gasteiger partial charge on any atom is 0.141 e. The van der Waals surface area contributed by atoms with Crippen molar-refractivity contribution in [2.75, 3.05) is 26.2 Å². The van der Waals surface area contributed by atoms with Crippen LogP contribution in [0.5, 0.6) is 0 Å². The topological polar surface area (TPSA) is 15.3 Å². The van der Waals surface area contributed by atoms with Crippen molar-refractivity contribution in [3.05, 3.63) is 34.6 Å². The number of unbranched alkanes of at least 4 members (excludes halogenated alkanes) is 2. The summed E-state index contributed by atoms with van der Waals surface area (Å²) < 4.78 is 13.4. The van der Waals surface area contributed by atoms with Gasteiger partial charge in [0.15, 0.2) is 0 Å². The van der Waals surface area contributed by atoms with Crippen molar-refractivity contribution in [1.82, 2.24) is 10.2 Å². The second kappa shape index (κ2) is 9.62. The van der Waals surface area contributed by atoms with Crippen LogP contribution in [0.4, 0.5) is 4.39 Å². The molecule has 1 aliphatic heterocycles. The van der Waals surface area contributed by atoms with E-state index in [1.54, 1.807) is 6.07 Å². The van der Waals surface area contributed by atoms with E-state index in [0.29, 0.717) is 6.04 Å². The molecule has 1 heterocycles. The van der Waals surface area contributed by atoms with Crippen molar-refractivity contribution in [2.24, 2.45) is 0 Å². The van der Waals surface area contributed by atoms with E-state index in [1.807, 2.05) is 6.07 Å². The largest absolute Gasteiger partial charge is 0.314 e. The molecule has 1 atom stereocenters. The van der Waals surface area contributed by atoms with Gasteiger partial charge >= 0.3 is 0 Å². The minimum absolute atomic E-state index is 0. The van der Waals surface area contributed by atoms with Gasteiger partial charge in [-0.2, -0.15) is 0 Å². The summed E-state index contributed by atoms with van der Waals surface area (Å²) in [5.41, 5.74) is 1.15. The molecule has 0 saturated carbocycles. The molecule has 0 unspecified atom stereocenters. The molecule has 1 N–H and O–H groups in total. The standard InChI is InChI=1S/C16H24ClFN2.ClH/c1-2-3-4-5-16(20-10-8-19-9-11-20)13-6-7-15(18)14(17)12-13;/h6-7,12,16,19H,2-5,8-11H2,1H3;1H/t16-;/m1./s1. The molecule has 0 amide bonds. The van der Waals surface area contributed by atoms with Gasteiger partial charge in [0.1, 0.15) is 5.82 Å². The normalized spacial score (nSPS) is 17.3. The molecule has 21 heavy (non-hydrogen) atoms. The Morgan fingerprint density at radius 2 is 2.00 bits per heavy atom. The molecule has 2 nitrogen and oxygen atoms in total. The Bertz CT molecular complexity index is 423. The fraction of sp³-hybridized carbons (Fsp3) is 0.625. The van der Waals surface area contributed by atoms with Crippen LogP contribution >= 0.6 is 24.0 Å². The van der Waals surface area contributed by atoms with Gasteiger partial charge in [-0.15, -0.1) is 12.4 Å². The van der Waals surface area contributed by atoms with E-state index in [2.05, 4.69) is 17.1 Å². The Kier molecular flexibility index (Phi) is 8.57. The van der Waals surface area contributed by atoms with E-state index in [-0.39, 0.29) is 23.2 Å². The third-order valence-corrected chi connectivity index (χ3v) is 4.29. The van der Waals surface area contributed by atoms with E-state index in [0.717, 1.165) is 38.2 Å². The van der Waals surface area contributed by atoms with E-state index >= 15 is 0 Å². The smallest absolute Gasteiger partial charge is 0.141 e. The highest BCUT2D eigenvalue weighted by atomic mass is 35.5. The maximum atomic E-state index is 13.4. The first-order valence-electron chi connectivity index (χ1n) is 7.62. The maximum absolute atomic E-state index is 13.4. The van der Waals surface area contributed by atoms with Crippen molar-refractivity contribution in [1.29, 1.82) is 0 Å². The van der Waals surface area contributed by atoms with Crippen LogP contribution in [-0.2, 0) is 0 Å². The second-order valence-corrected chi connectivity index (χ2v) is 5.88. The number of nitrogens with one attached hydrogen (secondary N) is 1. The van der Waals surface area contributed by atoms with Gasteiger partial charge in [0.05, 0.1) is 5.02 Å².